The molecule has 4 rings (SSSR count). The lowest BCUT2D eigenvalue weighted by molar-refractivity contribution is -0.131. The third kappa shape index (κ3) is 5.42. The Balaban J connectivity index is 1.24. The van der Waals surface area contributed by atoms with Gasteiger partial charge in [-0.05, 0) is 49.1 Å². The number of hydrogen-bond acceptors (Lipinski definition) is 3. The Bertz CT molecular complexity index is 1120. The highest BCUT2D eigenvalue weighted by atomic mass is 16.2. The van der Waals surface area contributed by atoms with Crippen molar-refractivity contribution in [3.8, 4) is 5.69 Å². The molecular weight excluding hydrogens is 412 g/mol. The fraction of sp³-hybridized carbons (Fsp3) is 0.346. The SMILES string of the molecule is CN=C(NCCCC(=O)N1Cc2ccccc2C1)NCc1ccccc1-n1nc(C)cc1C. The van der Waals surface area contributed by atoms with Gasteiger partial charge in [-0.25, -0.2) is 4.68 Å². The zero-order chi connectivity index (χ0) is 23.2. The largest absolute Gasteiger partial charge is 0.356 e. The molecule has 33 heavy (non-hydrogen) atoms. The van der Waals surface area contributed by atoms with Gasteiger partial charge >= 0.3 is 0 Å². The second-order valence-electron chi connectivity index (χ2n) is 8.44. The molecule has 2 aromatic carbocycles. The first-order valence-corrected chi connectivity index (χ1v) is 11.5. The normalized spacial score (nSPS) is 13.2. The van der Waals surface area contributed by atoms with Crippen LogP contribution in [-0.2, 0) is 24.4 Å². The van der Waals surface area contributed by atoms with Crippen molar-refractivity contribution < 1.29 is 4.79 Å². The average Bonchev–Trinajstić information content (AvgIpc) is 3.41. The lowest BCUT2D eigenvalue weighted by Crippen LogP contribution is -2.38. The third-order valence-electron chi connectivity index (χ3n) is 5.95. The highest BCUT2D eigenvalue weighted by Gasteiger charge is 2.22. The summed E-state index contributed by atoms with van der Waals surface area (Å²) >= 11 is 0. The van der Waals surface area contributed by atoms with Crippen molar-refractivity contribution >= 4 is 11.9 Å². The Morgan fingerprint density at radius 1 is 1.03 bits per heavy atom. The minimum Gasteiger partial charge on any atom is -0.356 e. The molecule has 0 saturated carbocycles. The van der Waals surface area contributed by atoms with Gasteiger partial charge in [0.15, 0.2) is 5.96 Å². The summed E-state index contributed by atoms with van der Waals surface area (Å²) in [5, 5.41) is 11.3. The van der Waals surface area contributed by atoms with Crippen LogP contribution in [0, 0.1) is 13.8 Å². The smallest absolute Gasteiger partial charge is 0.223 e. The maximum absolute atomic E-state index is 12.6. The van der Waals surface area contributed by atoms with Crippen LogP contribution in [-0.4, -0.2) is 40.1 Å². The molecule has 3 aromatic rings. The number of amides is 1. The molecular formula is C26H32N6O. The number of rotatable bonds is 7. The number of benzene rings is 2. The summed E-state index contributed by atoms with van der Waals surface area (Å²) in [6.45, 7) is 6.82. The standard InChI is InChI=1S/C26H32N6O/c1-19-15-20(2)32(30-19)24-12-7-6-9-21(24)16-29-26(27-3)28-14-8-13-25(33)31-17-22-10-4-5-11-23(22)18-31/h4-7,9-12,15H,8,13-14,16-18H2,1-3H3,(H2,27,28,29). The van der Waals surface area contributed by atoms with Crippen molar-refractivity contribution in [1.29, 1.82) is 0 Å². The van der Waals surface area contributed by atoms with E-state index < -0.39 is 0 Å². The maximum Gasteiger partial charge on any atom is 0.223 e. The molecule has 0 atom stereocenters. The first-order chi connectivity index (χ1) is 16.0. The fourth-order valence-corrected chi connectivity index (χ4v) is 4.25. The van der Waals surface area contributed by atoms with Gasteiger partial charge in [-0.2, -0.15) is 5.10 Å². The van der Waals surface area contributed by atoms with E-state index in [1.165, 1.54) is 11.1 Å². The molecule has 0 aliphatic carbocycles. The number of fused-ring (bicyclic) bond motifs is 1. The van der Waals surface area contributed by atoms with E-state index in [4.69, 9.17) is 0 Å². The first-order valence-electron chi connectivity index (χ1n) is 11.5. The second kappa shape index (κ2) is 10.3. The van der Waals surface area contributed by atoms with Gasteiger partial charge in [-0.15, -0.1) is 0 Å². The summed E-state index contributed by atoms with van der Waals surface area (Å²) in [5.41, 5.74) is 6.82. The maximum atomic E-state index is 12.6. The van der Waals surface area contributed by atoms with E-state index in [1.54, 1.807) is 7.05 Å². The topological polar surface area (TPSA) is 74.6 Å². The lowest BCUT2D eigenvalue weighted by atomic mass is 10.1. The van der Waals surface area contributed by atoms with Crippen molar-refractivity contribution in [3.63, 3.8) is 0 Å². The molecule has 2 heterocycles. The Morgan fingerprint density at radius 2 is 1.73 bits per heavy atom. The highest BCUT2D eigenvalue weighted by Crippen LogP contribution is 2.23. The van der Waals surface area contributed by atoms with Gasteiger partial charge in [0.1, 0.15) is 0 Å². The highest BCUT2D eigenvalue weighted by molar-refractivity contribution is 5.80. The van der Waals surface area contributed by atoms with Gasteiger partial charge in [-0.1, -0.05) is 42.5 Å². The molecule has 172 valence electrons. The number of aliphatic imine (C=N–C) groups is 1. The van der Waals surface area contributed by atoms with Gasteiger partial charge in [0, 0.05) is 45.3 Å². The number of carbonyl (C=O) groups excluding carboxylic acids is 1. The zero-order valence-corrected chi connectivity index (χ0v) is 19.6. The summed E-state index contributed by atoms with van der Waals surface area (Å²) < 4.78 is 1.98. The number of nitrogens with zero attached hydrogens (tertiary/aromatic N) is 4. The van der Waals surface area contributed by atoms with Crippen LogP contribution < -0.4 is 10.6 Å². The van der Waals surface area contributed by atoms with E-state index in [1.807, 2.05) is 40.8 Å². The summed E-state index contributed by atoms with van der Waals surface area (Å²) in [7, 11) is 1.76. The molecule has 1 amide bonds. The van der Waals surface area contributed by atoms with E-state index in [0.717, 1.165) is 48.1 Å². The molecule has 0 fully saturated rings. The van der Waals surface area contributed by atoms with Crippen molar-refractivity contribution in [2.75, 3.05) is 13.6 Å². The van der Waals surface area contributed by atoms with Crippen LogP contribution in [0.15, 0.2) is 59.6 Å². The summed E-state index contributed by atoms with van der Waals surface area (Å²) in [4.78, 5) is 18.8. The van der Waals surface area contributed by atoms with E-state index >= 15 is 0 Å². The van der Waals surface area contributed by atoms with Crippen LogP contribution in [0.4, 0.5) is 0 Å². The Kier molecular flexibility index (Phi) is 7.07. The number of guanidine groups is 1. The fourth-order valence-electron chi connectivity index (χ4n) is 4.25. The molecule has 1 aromatic heterocycles. The van der Waals surface area contributed by atoms with Crippen LogP contribution in [0.5, 0.6) is 0 Å². The summed E-state index contributed by atoms with van der Waals surface area (Å²) in [6.07, 6.45) is 1.29. The van der Waals surface area contributed by atoms with Gasteiger partial charge in [0.05, 0.1) is 11.4 Å². The van der Waals surface area contributed by atoms with Crippen molar-refractivity contribution in [3.05, 3.63) is 82.7 Å². The molecule has 1 aliphatic rings. The number of para-hydroxylation sites is 1. The summed E-state index contributed by atoms with van der Waals surface area (Å²) in [6, 6.07) is 18.6. The first kappa shape index (κ1) is 22.6. The monoisotopic (exact) mass is 444 g/mol. The molecule has 0 radical (unpaired) electrons. The molecule has 0 bridgehead atoms. The third-order valence-corrected chi connectivity index (χ3v) is 5.95. The van der Waals surface area contributed by atoms with Crippen LogP contribution in [0.3, 0.4) is 0 Å². The van der Waals surface area contributed by atoms with E-state index in [2.05, 4.69) is 58.0 Å². The molecule has 0 saturated heterocycles. The second-order valence-corrected chi connectivity index (χ2v) is 8.44. The van der Waals surface area contributed by atoms with Crippen LogP contribution in [0.25, 0.3) is 5.69 Å². The Labute approximate surface area is 195 Å². The van der Waals surface area contributed by atoms with Crippen LogP contribution >= 0.6 is 0 Å². The molecule has 1 aliphatic heterocycles. The predicted molar refractivity (Wildman–Crippen MR) is 131 cm³/mol. The number of aromatic nitrogens is 2. The van der Waals surface area contributed by atoms with Crippen molar-refractivity contribution in [2.45, 2.75) is 46.3 Å². The van der Waals surface area contributed by atoms with E-state index in [-0.39, 0.29) is 5.91 Å². The predicted octanol–water partition coefficient (Wildman–Crippen LogP) is 3.48. The molecule has 7 nitrogen and oxygen atoms in total. The minimum absolute atomic E-state index is 0.203. The van der Waals surface area contributed by atoms with Gasteiger partial charge in [0.2, 0.25) is 5.91 Å². The van der Waals surface area contributed by atoms with Gasteiger partial charge in [0.25, 0.3) is 0 Å². The van der Waals surface area contributed by atoms with Crippen molar-refractivity contribution in [1.82, 2.24) is 25.3 Å². The van der Waals surface area contributed by atoms with Gasteiger partial charge < -0.3 is 15.5 Å². The summed E-state index contributed by atoms with van der Waals surface area (Å²) in [5.74, 6) is 0.925. The Morgan fingerprint density at radius 3 is 2.39 bits per heavy atom. The van der Waals surface area contributed by atoms with Crippen molar-refractivity contribution in [2.24, 2.45) is 4.99 Å². The molecule has 2 N–H and O–H groups in total. The number of carbonyl (C=O) groups is 1. The zero-order valence-electron chi connectivity index (χ0n) is 19.6. The van der Waals surface area contributed by atoms with Crippen LogP contribution in [0.1, 0.15) is 40.9 Å². The molecule has 0 spiro atoms. The molecule has 0 unspecified atom stereocenters. The number of aryl methyl sites for hydroxylation is 2. The van der Waals surface area contributed by atoms with E-state index in [9.17, 15) is 4.79 Å². The number of nitrogens with one attached hydrogen (secondary N) is 2. The molecule has 7 heteroatoms. The number of hydrogen-bond donors (Lipinski definition) is 2. The quantitative estimate of drug-likeness (QED) is 0.332. The minimum atomic E-state index is 0.203. The Hall–Kier alpha value is -3.61. The van der Waals surface area contributed by atoms with E-state index in [0.29, 0.717) is 19.5 Å². The average molecular weight is 445 g/mol. The van der Waals surface area contributed by atoms with Gasteiger partial charge in [-0.3, -0.25) is 9.79 Å². The van der Waals surface area contributed by atoms with Crippen LogP contribution in [0.2, 0.25) is 0 Å². The lowest BCUT2D eigenvalue weighted by Gasteiger charge is -2.17.